The van der Waals surface area contributed by atoms with Gasteiger partial charge < -0.3 is 4.42 Å². The van der Waals surface area contributed by atoms with Crippen molar-refractivity contribution in [2.24, 2.45) is 7.05 Å². The van der Waals surface area contributed by atoms with Crippen molar-refractivity contribution in [3.8, 4) is 0 Å². The first-order chi connectivity index (χ1) is 8.82. The van der Waals surface area contributed by atoms with Gasteiger partial charge in [0.05, 0.1) is 6.54 Å². The van der Waals surface area contributed by atoms with E-state index in [1.54, 1.807) is 12.1 Å². The lowest BCUT2D eigenvalue weighted by molar-refractivity contribution is 0.395. The summed E-state index contributed by atoms with van der Waals surface area (Å²) in [7, 11) is -0.717. The van der Waals surface area contributed by atoms with Crippen molar-refractivity contribution >= 4 is 41.9 Å². The summed E-state index contributed by atoms with van der Waals surface area (Å²) in [5.74, 6) is 0.532. The van der Waals surface area contributed by atoms with Crippen molar-refractivity contribution < 1.29 is 12.8 Å². The highest BCUT2D eigenvalue weighted by atomic mass is 79.9. The largest absolute Gasteiger partial charge is 0.453 e. The minimum absolute atomic E-state index is 0.000576. The summed E-state index contributed by atoms with van der Waals surface area (Å²) in [5, 5.41) is 7.33. The minimum atomic E-state index is -3.70. The Labute approximate surface area is 126 Å². The molecular weight excluding hydrogens is 404 g/mol. The van der Waals surface area contributed by atoms with E-state index >= 15 is 0 Å². The molecule has 0 aliphatic heterocycles. The molecule has 2 heterocycles. The second kappa shape index (κ2) is 5.35. The molecule has 0 amide bonds. The van der Waals surface area contributed by atoms with Crippen LogP contribution in [0.15, 0.2) is 30.8 Å². The van der Waals surface area contributed by atoms with Crippen LogP contribution in [0.5, 0.6) is 0 Å². The fourth-order valence-electron chi connectivity index (χ4n) is 1.49. The van der Waals surface area contributed by atoms with Gasteiger partial charge in [-0.2, -0.15) is 4.31 Å². The van der Waals surface area contributed by atoms with E-state index in [-0.39, 0.29) is 16.2 Å². The predicted molar refractivity (Wildman–Crippen MR) is 73.8 cm³/mol. The second-order valence-electron chi connectivity index (χ2n) is 3.78. The molecule has 10 heteroatoms. The summed E-state index contributed by atoms with van der Waals surface area (Å²) < 4.78 is 33.2. The fraction of sp³-hybridized carbons (Fsp3) is 0.333. The minimum Gasteiger partial charge on any atom is -0.453 e. The standard InChI is InChI=1S/C9H10Br2N4O3S/c1-14(5-6-3-4-7(10)18-6)19(16,17)9-8(11)12-13-15(9)2/h3-4H,5H2,1-2H3. The lowest BCUT2D eigenvalue weighted by atomic mass is 10.4. The van der Waals surface area contributed by atoms with Crippen LogP contribution in [-0.2, 0) is 23.6 Å². The second-order valence-corrected chi connectivity index (χ2v) is 7.27. The Hall–Kier alpha value is -0.710. The van der Waals surface area contributed by atoms with Gasteiger partial charge in [-0.1, -0.05) is 5.21 Å². The maximum absolute atomic E-state index is 12.4. The molecule has 2 rings (SSSR count). The summed E-state index contributed by atoms with van der Waals surface area (Å²) in [6.45, 7) is 0.117. The SMILES string of the molecule is CN(Cc1ccc(Br)o1)S(=O)(=O)c1c(Br)nnn1C. The third kappa shape index (κ3) is 2.91. The number of rotatable bonds is 4. The summed E-state index contributed by atoms with van der Waals surface area (Å²) in [6.07, 6.45) is 0. The fourth-order valence-corrected chi connectivity index (χ4v) is 3.98. The van der Waals surface area contributed by atoms with Gasteiger partial charge in [-0.3, -0.25) is 0 Å². The van der Waals surface area contributed by atoms with E-state index in [0.717, 1.165) is 0 Å². The number of halogens is 2. The lowest BCUT2D eigenvalue weighted by Crippen LogP contribution is -2.28. The van der Waals surface area contributed by atoms with Crippen molar-refractivity contribution in [3.05, 3.63) is 27.2 Å². The van der Waals surface area contributed by atoms with Crippen LogP contribution in [0, 0.1) is 0 Å². The Morgan fingerprint density at radius 2 is 2.11 bits per heavy atom. The van der Waals surface area contributed by atoms with Gasteiger partial charge in [-0.05, 0) is 44.0 Å². The van der Waals surface area contributed by atoms with Crippen LogP contribution in [0.3, 0.4) is 0 Å². The zero-order valence-electron chi connectivity index (χ0n) is 10.0. The van der Waals surface area contributed by atoms with Gasteiger partial charge in [-0.25, -0.2) is 13.1 Å². The normalized spacial score (nSPS) is 12.3. The molecule has 0 bridgehead atoms. The molecule has 2 aromatic rings. The van der Waals surface area contributed by atoms with Gasteiger partial charge in [0.15, 0.2) is 9.27 Å². The first kappa shape index (κ1) is 14.7. The Kier molecular flexibility index (Phi) is 4.14. The van der Waals surface area contributed by atoms with E-state index in [9.17, 15) is 8.42 Å². The number of sulfonamides is 1. The monoisotopic (exact) mass is 412 g/mol. The van der Waals surface area contributed by atoms with Crippen LogP contribution in [0.4, 0.5) is 0 Å². The van der Waals surface area contributed by atoms with Gasteiger partial charge in [0.25, 0.3) is 10.0 Å². The Bertz CT molecular complexity index is 675. The van der Waals surface area contributed by atoms with E-state index < -0.39 is 10.0 Å². The summed E-state index contributed by atoms with van der Waals surface area (Å²) >= 11 is 6.25. The molecule has 0 unspecified atom stereocenters. The maximum Gasteiger partial charge on any atom is 0.263 e. The molecule has 7 nitrogen and oxygen atoms in total. The summed E-state index contributed by atoms with van der Waals surface area (Å²) in [5.41, 5.74) is 0. The molecule has 2 aromatic heterocycles. The number of nitrogens with zero attached hydrogens (tertiary/aromatic N) is 4. The highest BCUT2D eigenvalue weighted by molar-refractivity contribution is 9.10. The van der Waals surface area contributed by atoms with Crippen molar-refractivity contribution in [2.75, 3.05) is 7.05 Å². The van der Waals surface area contributed by atoms with E-state index in [1.165, 1.54) is 23.1 Å². The molecule has 0 aliphatic carbocycles. The van der Waals surface area contributed by atoms with Crippen molar-refractivity contribution in [1.29, 1.82) is 0 Å². The zero-order chi connectivity index (χ0) is 14.2. The number of hydrogen-bond acceptors (Lipinski definition) is 5. The first-order valence-electron chi connectivity index (χ1n) is 5.08. The lowest BCUT2D eigenvalue weighted by Gasteiger charge is -2.15. The molecule has 0 N–H and O–H groups in total. The van der Waals surface area contributed by atoms with Crippen LogP contribution >= 0.6 is 31.9 Å². The topological polar surface area (TPSA) is 81.2 Å². The Morgan fingerprint density at radius 3 is 2.58 bits per heavy atom. The van der Waals surface area contributed by atoms with E-state index in [2.05, 4.69) is 42.2 Å². The Balaban J connectivity index is 2.30. The third-order valence-corrected chi connectivity index (χ3v) is 5.52. The zero-order valence-corrected chi connectivity index (χ0v) is 14.0. The molecule has 0 atom stereocenters. The van der Waals surface area contributed by atoms with Crippen LogP contribution < -0.4 is 0 Å². The van der Waals surface area contributed by atoms with Gasteiger partial charge in [0, 0.05) is 14.1 Å². The maximum atomic E-state index is 12.4. The summed E-state index contributed by atoms with van der Waals surface area (Å²) in [4.78, 5) is 0. The molecule has 0 spiro atoms. The predicted octanol–water partition coefficient (Wildman–Crippen LogP) is 1.75. The molecule has 0 aliphatic rings. The van der Waals surface area contributed by atoms with E-state index in [0.29, 0.717) is 10.4 Å². The average Bonchev–Trinajstić information content (AvgIpc) is 2.85. The molecule has 0 fully saturated rings. The number of hydrogen-bond donors (Lipinski definition) is 0. The van der Waals surface area contributed by atoms with Crippen molar-refractivity contribution in [1.82, 2.24) is 19.3 Å². The number of aryl methyl sites for hydroxylation is 1. The molecular formula is C9H10Br2N4O3S. The van der Waals surface area contributed by atoms with Crippen molar-refractivity contribution in [3.63, 3.8) is 0 Å². The summed E-state index contributed by atoms with van der Waals surface area (Å²) in [6, 6.07) is 3.41. The molecule has 19 heavy (non-hydrogen) atoms. The van der Waals surface area contributed by atoms with Crippen molar-refractivity contribution in [2.45, 2.75) is 11.6 Å². The van der Waals surface area contributed by atoms with E-state index in [1.807, 2.05) is 0 Å². The van der Waals surface area contributed by atoms with Gasteiger partial charge in [-0.15, -0.1) is 5.10 Å². The molecule has 0 saturated carbocycles. The van der Waals surface area contributed by atoms with Crippen LogP contribution in [0.25, 0.3) is 0 Å². The van der Waals surface area contributed by atoms with Gasteiger partial charge in [0.1, 0.15) is 5.76 Å². The quantitative estimate of drug-likeness (QED) is 0.762. The smallest absolute Gasteiger partial charge is 0.263 e. The number of aromatic nitrogens is 3. The molecule has 0 saturated heterocycles. The van der Waals surface area contributed by atoms with Crippen LogP contribution in [0.2, 0.25) is 0 Å². The molecule has 0 radical (unpaired) electrons. The van der Waals surface area contributed by atoms with Crippen LogP contribution in [-0.4, -0.2) is 34.8 Å². The highest BCUT2D eigenvalue weighted by Crippen LogP contribution is 2.23. The average molecular weight is 414 g/mol. The molecule has 0 aromatic carbocycles. The molecule has 104 valence electrons. The van der Waals surface area contributed by atoms with Crippen LogP contribution in [0.1, 0.15) is 5.76 Å². The highest BCUT2D eigenvalue weighted by Gasteiger charge is 2.29. The third-order valence-electron chi connectivity index (χ3n) is 2.40. The Morgan fingerprint density at radius 1 is 1.42 bits per heavy atom. The van der Waals surface area contributed by atoms with E-state index in [4.69, 9.17) is 4.42 Å². The number of furan rings is 1. The first-order valence-corrected chi connectivity index (χ1v) is 8.10. The van der Waals surface area contributed by atoms with Gasteiger partial charge >= 0.3 is 0 Å². The van der Waals surface area contributed by atoms with Gasteiger partial charge in [0.2, 0.25) is 5.03 Å².